The van der Waals surface area contributed by atoms with Crippen LogP contribution in [-0.2, 0) is 10.1 Å². The van der Waals surface area contributed by atoms with Crippen LogP contribution in [0.15, 0.2) is 30.6 Å². The Bertz CT molecular complexity index is 457. The molecule has 1 aromatic heterocycles. The molecule has 0 radical (unpaired) electrons. The first kappa shape index (κ1) is 20.9. The van der Waals surface area contributed by atoms with Crippen LogP contribution >= 0.6 is 0 Å². The maximum atomic E-state index is 12.9. The molecule has 0 aliphatic carbocycles. The third kappa shape index (κ3) is 8.33. The van der Waals surface area contributed by atoms with Crippen LogP contribution in [0.2, 0.25) is 0 Å². The van der Waals surface area contributed by atoms with Crippen LogP contribution in [0.25, 0.3) is 0 Å². The van der Waals surface area contributed by atoms with Gasteiger partial charge in [0.1, 0.15) is 0 Å². The first-order valence-electron chi connectivity index (χ1n) is 7.07. The molecule has 0 aliphatic heterocycles. The van der Waals surface area contributed by atoms with Gasteiger partial charge < -0.3 is 0 Å². The molecule has 0 aliphatic rings. The maximum Gasteiger partial charge on any atom is 0.400 e. The van der Waals surface area contributed by atoms with Crippen molar-refractivity contribution < 1.29 is 26.1 Å². The molecule has 8 heteroatoms. The van der Waals surface area contributed by atoms with Crippen molar-refractivity contribution in [2.75, 3.05) is 0 Å². The van der Waals surface area contributed by atoms with Gasteiger partial charge in [-0.25, -0.2) is 4.39 Å². The van der Waals surface area contributed by atoms with Crippen molar-refractivity contribution in [1.82, 2.24) is 4.98 Å². The smallest absolute Gasteiger partial charge is 0.281 e. The minimum Gasteiger partial charge on any atom is -0.281 e. The van der Waals surface area contributed by atoms with Crippen molar-refractivity contribution in [3.63, 3.8) is 0 Å². The molecular weight excluding hydrogens is 319 g/mol. The molecule has 1 heterocycles. The lowest BCUT2D eigenvalue weighted by molar-refractivity contribution is -0.00708. The van der Waals surface area contributed by atoms with Gasteiger partial charge in [0.2, 0.25) is 0 Å². The van der Waals surface area contributed by atoms with E-state index in [1.165, 1.54) is 0 Å². The summed E-state index contributed by atoms with van der Waals surface area (Å²) in [5.74, 6) is 0. The molecule has 1 aromatic rings. The average molecular weight is 341 g/mol. The van der Waals surface area contributed by atoms with Crippen molar-refractivity contribution >= 4 is 10.1 Å². The molecule has 0 spiro atoms. The van der Waals surface area contributed by atoms with E-state index in [2.05, 4.69) is 4.98 Å². The Labute approximate surface area is 129 Å². The van der Waals surface area contributed by atoms with E-state index in [1.54, 1.807) is 12.4 Å². The summed E-state index contributed by atoms with van der Waals surface area (Å²) in [5, 5.41) is -4.70. The van der Waals surface area contributed by atoms with Crippen LogP contribution in [0.4, 0.5) is 13.2 Å². The molecule has 22 heavy (non-hydrogen) atoms. The highest BCUT2D eigenvalue weighted by Crippen LogP contribution is 2.30. The molecular formula is C14H22F3NO3S. The van der Waals surface area contributed by atoms with Crippen LogP contribution in [0.3, 0.4) is 0 Å². The Morgan fingerprint density at radius 2 is 1.64 bits per heavy atom. The Balaban J connectivity index is 0.000000604. The summed E-state index contributed by atoms with van der Waals surface area (Å²) in [7, 11) is -5.66. The lowest BCUT2D eigenvalue weighted by atomic mass is 10.1. The lowest BCUT2D eigenvalue weighted by Gasteiger charge is -2.17. The molecule has 0 bridgehead atoms. The van der Waals surface area contributed by atoms with Gasteiger partial charge in [-0.15, -0.1) is 0 Å². The first-order chi connectivity index (χ1) is 10.2. The second kappa shape index (κ2) is 10.6. The molecule has 1 N–H and O–H groups in total. The van der Waals surface area contributed by atoms with Crippen LogP contribution in [0.5, 0.6) is 0 Å². The van der Waals surface area contributed by atoms with Crippen LogP contribution in [0, 0.1) is 0 Å². The predicted molar refractivity (Wildman–Crippen MR) is 79.0 cm³/mol. The van der Waals surface area contributed by atoms with E-state index in [4.69, 9.17) is 4.55 Å². The number of hydrogen-bond acceptors (Lipinski definition) is 3. The Hall–Kier alpha value is -1.15. The molecule has 4 nitrogen and oxygen atoms in total. The molecule has 1 rings (SSSR count). The van der Waals surface area contributed by atoms with Gasteiger partial charge >= 0.3 is 15.4 Å². The fraction of sp³-hybridized carbons (Fsp3) is 0.643. The Kier molecular flexibility index (Phi) is 10.0. The Morgan fingerprint density at radius 3 is 2.00 bits per heavy atom. The fourth-order valence-electron chi connectivity index (χ4n) is 1.57. The minimum atomic E-state index is -5.66. The summed E-state index contributed by atoms with van der Waals surface area (Å²) in [6.07, 6.45) is 3.58. The standard InChI is InChI=1S/C9H17F3O3S.C5H5N/c1-2-3-4-5-6-7-8(10)9(11,12)16(13,14)15;1-2-4-6-5-3-1/h8H,2-7H2,1H3,(H,13,14,15);1-5H. The van der Waals surface area contributed by atoms with Crippen molar-refractivity contribution in [3.8, 4) is 0 Å². The molecule has 0 aromatic carbocycles. The second-order valence-corrected chi connectivity index (χ2v) is 6.23. The van der Waals surface area contributed by atoms with Crippen molar-refractivity contribution in [2.45, 2.75) is 56.9 Å². The monoisotopic (exact) mass is 341 g/mol. The highest BCUT2D eigenvalue weighted by molar-refractivity contribution is 7.86. The molecule has 0 fully saturated rings. The van der Waals surface area contributed by atoms with E-state index in [0.717, 1.165) is 19.3 Å². The van der Waals surface area contributed by atoms with Crippen molar-refractivity contribution in [1.29, 1.82) is 0 Å². The SMILES string of the molecule is CCCCCCCC(F)C(F)(F)S(=O)(=O)O.c1ccncc1. The number of rotatable bonds is 8. The maximum absolute atomic E-state index is 12.9. The minimum absolute atomic E-state index is 0.187. The topological polar surface area (TPSA) is 67.3 Å². The van der Waals surface area contributed by atoms with Crippen LogP contribution in [-0.4, -0.2) is 29.4 Å². The average Bonchev–Trinajstić information content (AvgIpc) is 2.48. The third-order valence-electron chi connectivity index (χ3n) is 2.84. The highest BCUT2D eigenvalue weighted by atomic mass is 32.2. The van der Waals surface area contributed by atoms with Crippen LogP contribution in [0.1, 0.15) is 45.4 Å². The first-order valence-corrected chi connectivity index (χ1v) is 8.51. The van der Waals surface area contributed by atoms with Gasteiger partial charge in [0, 0.05) is 12.4 Å². The van der Waals surface area contributed by atoms with Crippen molar-refractivity contribution in [3.05, 3.63) is 30.6 Å². The number of pyridine rings is 1. The lowest BCUT2D eigenvalue weighted by Crippen LogP contribution is -2.38. The van der Waals surface area contributed by atoms with Crippen molar-refractivity contribution in [2.24, 2.45) is 0 Å². The van der Waals surface area contributed by atoms with E-state index >= 15 is 0 Å². The Morgan fingerprint density at radius 1 is 1.09 bits per heavy atom. The van der Waals surface area contributed by atoms with Crippen LogP contribution < -0.4 is 0 Å². The molecule has 0 saturated carbocycles. The number of hydrogen-bond donors (Lipinski definition) is 1. The van der Waals surface area contributed by atoms with Gasteiger partial charge in [-0.05, 0) is 18.6 Å². The molecule has 1 atom stereocenters. The van der Waals surface area contributed by atoms with Gasteiger partial charge in [-0.1, -0.05) is 45.1 Å². The van der Waals surface area contributed by atoms with Gasteiger partial charge in [0.05, 0.1) is 0 Å². The molecule has 0 amide bonds. The number of halogens is 3. The number of aromatic nitrogens is 1. The normalized spacial score (nSPS) is 13.1. The van der Waals surface area contributed by atoms with E-state index in [1.807, 2.05) is 25.1 Å². The van der Waals surface area contributed by atoms with E-state index in [9.17, 15) is 21.6 Å². The van der Waals surface area contributed by atoms with Gasteiger partial charge in [-0.3, -0.25) is 9.54 Å². The second-order valence-electron chi connectivity index (χ2n) is 4.73. The zero-order valence-electron chi connectivity index (χ0n) is 12.5. The quantitative estimate of drug-likeness (QED) is 0.567. The predicted octanol–water partition coefficient (Wildman–Crippen LogP) is 4.25. The summed E-state index contributed by atoms with van der Waals surface area (Å²) >= 11 is 0. The number of nitrogens with zero attached hydrogens (tertiary/aromatic N) is 1. The number of unbranched alkanes of at least 4 members (excludes halogenated alkanes) is 4. The van der Waals surface area contributed by atoms with Gasteiger partial charge in [0.15, 0.2) is 6.17 Å². The largest absolute Gasteiger partial charge is 0.400 e. The molecule has 128 valence electrons. The zero-order valence-corrected chi connectivity index (χ0v) is 13.3. The fourth-order valence-corrected chi connectivity index (χ4v) is 2.01. The summed E-state index contributed by atoms with van der Waals surface area (Å²) in [6.45, 7) is 1.98. The molecule has 0 saturated heterocycles. The summed E-state index contributed by atoms with van der Waals surface area (Å²) < 4.78 is 66.8. The summed E-state index contributed by atoms with van der Waals surface area (Å²) in [5.41, 5.74) is 0. The van der Waals surface area contributed by atoms with E-state index in [-0.39, 0.29) is 6.42 Å². The summed E-state index contributed by atoms with van der Waals surface area (Å²) in [4.78, 5) is 3.78. The van der Waals surface area contributed by atoms with E-state index in [0.29, 0.717) is 6.42 Å². The van der Waals surface area contributed by atoms with E-state index < -0.39 is 28.0 Å². The van der Waals surface area contributed by atoms with Gasteiger partial charge in [0.25, 0.3) is 0 Å². The zero-order chi connectivity index (χ0) is 17.1. The number of alkyl halides is 3. The highest BCUT2D eigenvalue weighted by Gasteiger charge is 2.52. The third-order valence-corrected chi connectivity index (χ3v) is 3.78. The summed E-state index contributed by atoms with van der Waals surface area (Å²) in [6, 6.07) is 5.72. The molecule has 1 unspecified atom stereocenters. The van der Waals surface area contributed by atoms with Gasteiger partial charge in [-0.2, -0.15) is 17.2 Å².